The predicted molar refractivity (Wildman–Crippen MR) is 189 cm³/mol. The van der Waals surface area contributed by atoms with Gasteiger partial charge < -0.3 is 40.4 Å². The first-order valence-electron chi connectivity index (χ1n) is 17.0. The molecule has 1 heterocycles. The molecule has 278 valence electrons. The van der Waals surface area contributed by atoms with E-state index in [2.05, 4.69) is 16.0 Å². The van der Waals surface area contributed by atoms with E-state index >= 15 is 0 Å². The maximum absolute atomic E-state index is 14.1. The molecule has 5 atom stereocenters. The monoisotopic (exact) mass is 718 g/mol. The number of hydrogen-bond acceptors (Lipinski definition) is 9. The number of ether oxygens (including phenoxy) is 3. The van der Waals surface area contributed by atoms with Crippen LogP contribution >= 0.6 is 0 Å². The van der Waals surface area contributed by atoms with E-state index in [1.165, 1.54) is 25.2 Å². The molecule has 0 spiro atoms. The standard InChI is InChI=1S/C38H46N4O10/c1-6-38(4)33(36(48)39-20-29(43)44)41-34(46)30(23(2)3)40-35(47)31(42(5)37(49)51-22-25-15-11-8-12-16-25)32(45)26-17-18-27(28(19-26)52-38)50-21-24-13-9-7-10-14-24/h7-19,23,30-33,45H,6,20-22H2,1-5H3,(H,39,48)(H,40,47)(H,41,46)(H,43,44)/t30-,31?,32+,33+,38+/m0/s1. The summed E-state index contributed by atoms with van der Waals surface area (Å²) in [6.45, 7) is 5.93. The lowest BCUT2D eigenvalue weighted by atomic mass is 9.91. The van der Waals surface area contributed by atoms with Crippen LogP contribution in [0, 0.1) is 5.92 Å². The molecule has 0 saturated carbocycles. The zero-order valence-corrected chi connectivity index (χ0v) is 29.8. The van der Waals surface area contributed by atoms with Crippen molar-refractivity contribution in [2.24, 2.45) is 5.92 Å². The summed E-state index contributed by atoms with van der Waals surface area (Å²) >= 11 is 0. The van der Waals surface area contributed by atoms with Gasteiger partial charge in [0, 0.05) is 7.05 Å². The van der Waals surface area contributed by atoms with Crippen LogP contribution in [0.4, 0.5) is 4.79 Å². The van der Waals surface area contributed by atoms with Crippen LogP contribution in [-0.2, 0) is 37.1 Å². The number of fused-ring (bicyclic) bond motifs is 2. The van der Waals surface area contributed by atoms with Crippen molar-refractivity contribution in [3.8, 4) is 11.5 Å². The third-order valence-corrected chi connectivity index (χ3v) is 8.89. The van der Waals surface area contributed by atoms with Crippen LogP contribution in [0.3, 0.4) is 0 Å². The number of nitrogens with zero attached hydrogens (tertiary/aromatic N) is 1. The Labute approximate surface area is 302 Å². The van der Waals surface area contributed by atoms with E-state index in [1.807, 2.05) is 36.4 Å². The Morgan fingerprint density at radius 3 is 2.13 bits per heavy atom. The molecule has 0 fully saturated rings. The zero-order chi connectivity index (χ0) is 38.0. The second kappa shape index (κ2) is 17.5. The molecule has 4 amide bonds. The second-order valence-electron chi connectivity index (χ2n) is 13.1. The molecule has 1 aliphatic heterocycles. The highest BCUT2D eigenvalue weighted by Gasteiger charge is 2.45. The van der Waals surface area contributed by atoms with Crippen LogP contribution < -0.4 is 25.4 Å². The third kappa shape index (κ3) is 9.78. The van der Waals surface area contributed by atoms with Gasteiger partial charge in [0.15, 0.2) is 11.5 Å². The van der Waals surface area contributed by atoms with Crippen LogP contribution in [0.25, 0.3) is 0 Å². The van der Waals surface area contributed by atoms with Crippen molar-refractivity contribution in [1.29, 1.82) is 0 Å². The molecule has 14 nitrogen and oxygen atoms in total. The fourth-order valence-corrected chi connectivity index (χ4v) is 5.64. The smallest absolute Gasteiger partial charge is 0.410 e. The van der Waals surface area contributed by atoms with Crippen LogP contribution in [0.1, 0.15) is 56.9 Å². The minimum Gasteiger partial charge on any atom is -0.485 e. The summed E-state index contributed by atoms with van der Waals surface area (Å²) in [5, 5.41) is 28.8. The number of aliphatic carboxylic acids is 1. The highest BCUT2D eigenvalue weighted by Crippen LogP contribution is 2.37. The molecule has 2 bridgehead atoms. The molecule has 5 N–H and O–H groups in total. The summed E-state index contributed by atoms with van der Waals surface area (Å²) in [6.07, 6.45) is -2.45. The Bertz CT molecular complexity index is 1720. The molecule has 14 heteroatoms. The number of hydrogen-bond donors (Lipinski definition) is 5. The summed E-state index contributed by atoms with van der Waals surface area (Å²) in [5.74, 6) is -4.08. The van der Waals surface area contributed by atoms with Gasteiger partial charge in [-0.2, -0.15) is 0 Å². The number of carboxylic acid groups (broad SMARTS) is 1. The first-order chi connectivity index (χ1) is 24.7. The maximum Gasteiger partial charge on any atom is 0.410 e. The van der Waals surface area contributed by atoms with Crippen molar-refractivity contribution < 1.29 is 48.4 Å². The van der Waals surface area contributed by atoms with E-state index < -0.39 is 72.1 Å². The number of likely N-dealkylation sites (N-methyl/N-ethyl adjacent to an activating group) is 1. The summed E-state index contributed by atoms with van der Waals surface area (Å²) in [4.78, 5) is 67.4. The van der Waals surface area contributed by atoms with E-state index in [9.17, 15) is 34.2 Å². The highest BCUT2D eigenvalue weighted by molar-refractivity contribution is 5.95. The lowest BCUT2D eigenvalue weighted by Gasteiger charge is -2.38. The second-order valence-corrected chi connectivity index (χ2v) is 13.1. The number of amides is 4. The highest BCUT2D eigenvalue weighted by atomic mass is 16.6. The average Bonchev–Trinajstić information content (AvgIpc) is 3.13. The molecular weight excluding hydrogens is 672 g/mol. The predicted octanol–water partition coefficient (Wildman–Crippen LogP) is 3.32. The number of aliphatic hydroxyl groups is 1. The number of benzene rings is 3. The van der Waals surface area contributed by atoms with Gasteiger partial charge in [0.25, 0.3) is 0 Å². The van der Waals surface area contributed by atoms with Gasteiger partial charge in [-0.15, -0.1) is 0 Å². The number of carbonyl (C=O) groups excluding carboxylic acids is 4. The molecule has 0 aromatic heterocycles. The zero-order valence-electron chi connectivity index (χ0n) is 29.8. The van der Waals surface area contributed by atoms with Crippen molar-refractivity contribution in [2.45, 2.75) is 77.2 Å². The Morgan fingerprint density at radius 2 is 1.56 bits per heavy atom. The summed E-state index contributed by atoms with van der Waals surface area (Å²) < 4.78 is 18.2. The van der Waals surface area contributed by atoms with Gasteiger partial charge >= 0.3 is 12.1 Å². The van der Waals surface area contributed by atoms with Crippen LogP contribution in [0.5, 0.6) is 11.5 Å². The van der Waals surface area contributed by atoms with Crippen molar-refractivity contribution in [1.82, 2.24) is 20.9 Å². The van der Waals surface area contributed by atoms with Crippen molar-refractivity contribution in [3.05, 3.63) is 95.6 Å². The first kappa shape index (κ1) is 39.2. The SMILES string of the molecule is CC[C@@]1(C)Oc2cc(ccc2OCc2ccccc2)[C@@H](O)C(N(C)C(=O)OCc2ccccc2)C(=O)N[C@@H](C(C)C)C(=O)N[C@@H]1C(=O)NCC(=O)O. The van der Waals surface area contributed by atoms with Gasteiger partial charge in [0.1, 0.15) is 49.6 Å². The average molecular weight is 719 g/mol. The minimum absolute atomic E-state index is 0.0511. The minimum atomic E-state index is -1.67. The molecule has 52 heavy (non-hydrogen) atoms. The van der Waals surface area contributed by atoms with Crippen molar-refractivity contribution in [3.63, 3.8) is 0 Å². The molecule has 3 aromatic carbocycles. The topological polar surface area (TPSA) is 193 Å². The molecule has 0 aliphatic carbocycles. The van der Waals surface area contributed by atoms with Crippen LogP contribution in [0.2, 0.25) is 0 Å². The van der Waals surface area contributed by atoms with E-state index in [0.717, 1.165) is 10.5 Å². The Balaban J connectivity index is 1.81. The van der Waals surface area contributed by atoms with E-state index in [0.29, 0.717) is 5.56 Å². The molecular formula is C38H46N4O10. The Kier molecular flexibility index (Phi) is 13.2. The molecule has 1 unspecified atom stereocenters. The van der Waals surface area contributed by atoms with E-state index in [1.54, 1.807) is 52.0 Å². The number of rotatable bonds is 11. The molecule has 0 radical (unpaired) electrons. The molecule has 1 aliphatic rings. The quantitative estimate of drug-likeness (QED) is 0.197. The lowest BCUT2D eigenvalue weighted by molar-refractivity contribution is -0.141. The third-order valence-electron chi connectivity index (χ3n) is 8.89. The molecule has 4 rings (SSSR count). The largest absolute Gasteiger partial charge is 0.485 e. The Hall–Kier alpha value is -5.63. The van der Waals surface area contributed by atoms with Gasteiger partial charge in [-0.1, -0.05) is 87.5 Å². The van der Waals surface area contributed by atoms with Crippen molar-refractivity contribution >= 4 is 29.8 Å². The number of carbonyl (C=O) groups is 5. The molecule has 3 aromatic rings. The van der Waals surface area contributed by atoms with E-state index in [-0.39, 0.29) is 36.7 Å². The number of aliphatic hydroxyl groups excluding tert-OH is 1. The summed E-state index contributed by atoms with van der Waals surface area (Å²) in [5.41, 5.74) is 0.167. The normalized spacial score (nSPS) is 21.9. The Morgan fingerprint density at radius 1 is 0.942 bits per heavy atom. The molecule has 0 saturated heterocycles. The first-order valence-corrected chi connectivity index (χ1v) is 17.0. The van der Waals surface area contributed by atoms with Gasteiger partial charge in [-0.3, -0.25) is 24.1 Å². The summed E-state index contributed by atoms with van der Waals surface area (Å²) in [7, 11) is 1.30. The number of nitrogens with one attached hydrogen (secondary N) is 3. The fraction of sp³-hybridized carbons (Fsp3) is 0.395. The van der Waals surface area contributed by atoms with E-state index in [4.69, 9.17) is 14.2 Å². The lowest BCUT2D eigenvalue weighted by Crippen LogP contribution is -2.65. The maximum atomic E-state index is 14.1. The van der Waals surface area contributed by atoms with Gasteiger partial charge in [-0.05, 0) is 48.1 Å². The van der Waals surface area contributed by atoms with Gasteiger partial charge in [0.2, 0.25) is 17.7 Å². The van der Waals surface area contributed by atoms with Crippen molar-refractivity contribution in [2.75, 3.05) is 13.6 Å². The van der Waals surface area contributed by atoms with Gasteiger partial charge in [0.05, 0.1) is 0 Å². The number of carboxylic acids is 1. The van der Waals surface area contributed by atoms with Crippen LogP contribution in [-0.4, -0.2) is 82.2 Å². The van der Waals surface area contributed by atoms with Crippen LogP contribution in [0.15, 0.2) is 78.9 Å². The van der Waals surface area contributed by atoms with Gasteiger partial charge in [-0.25, -0.2) is 4.79 Å². The summed E-state index contributed by atoms with van der Waals surface area (Å²) in [6, 6.07) is 18.4. The fourth-order valence-electron chi connectivity index (χ4n) is 5.64.